The molecule has 0 radical (unpaired) electrons. The van der Waals surface area contributed by atoms with Crippen LogP contribution in [0, 0.1) is 11.7 Å². The van der Waals surface area contributed by atoms with E-state index in [9.17, 15) is 14.0 Å². The highest BCUT2D eigenvalue weighted by Crippen LogP contribution is 2.34. The van der Waals surface area contributed by atoms with Crippen molar-refractivity contribution >= 4 is 12.0 Å². The van der Waals surface area contributed by atoms with Gasteiger partial charge in [0.2, 0.25) is 5.91 Å². The Labute approximate surface area is 229 Å². The lowest BCUT2D eigenvalue weighted by atomic mass is 9.92. The average molecular weight is 544 g/mol. The summed E-state index contributed by atoms with van der Waals surface area (Å²) in [7, 11) is 0. The topological polar surface area (TPSA) is 85.1 Å². The summed E-state index contributed by atoms with van der Waals surface area (Å²) < 4.78 is 41.4. The Hall–Kier alpha value is -3.20. The van der Waals surface area contributed by atoms with Crippen LogP contribution in [0.2, 0.25) is 0 Å². The normalized spacial score (nSPS) is 19.7. The van der Waals surface area contributed by atoms with Gasteiger partial charge in [0, 0.05) is 37.2 Å². The third-order valence-corrected chi connectivity index (χ3v) is 7.58. The Morgan fingerprint density at radius 1 is 1.00 bits per heavy atom. The summed E-state index contributed by atoms with van der Waals surface area (Å²) in [4.78, 5) is 28.3. The third kappa shape index (κ3) is 7.06. The predicted octanol–water partition coefficient (Wildman–Crippen LogP) is 4.96. The number of amides is 2. The maximum atomic E-state index is 16.0. The van der Waals surface area contributed by atoms with Crippen molar-refractivity contribution in [2.45, 2.75) is 70.9 Å². The molecular weight excluding hydrogens is 504 g/mol. The minimum Gasteiger partial charge on any atom is -0.490 e. The summed E-state index contributed by atoms with van der Waals surface area (Å²) in [5.41, 5.74) is 7.60. The first-order chi connectivity index (χ1) is 18.6. The second-order valence-electron chi connectivity index (χ2n) is 10.8. The Morgan fingerprint density at radius 2 is 1.67 bits per heavy atom. The van der Waals surface area contributed by atoms with Gasteiger partial charge in [0.25, 0.3) is 0 Å². The van der Waals surface area contributed by atoms with E-state index in [1.54, 1.807) is 17.0 Å². The number of alkyl halides is 1. The molecule has 0 unspecified atom stereocenters. The smallest absolute Gasteiger partial charge is 0.410 e. The largest absolute Gasteiger partial charge is 0.490 e. The molecule has 2 N–H and O–H groups in total. The van der Waals surface area contributed by atoms with Crippen LogP contribution in [0.5, 0.6) is 5.75 Å². The lowest BCUT2D eigenvalue weighted by Gasteiger charge is -2.35. The molecule has 0 saturated carbocycles. The van der Waals surface area contributed by atoms with Gasteiger partial charge in [0.15, 0.2) is 0 Å². The molecule has 2 heterocycles. The first kappa shape index (κ1) is 28.8. The number of hydrogen-bond donors (Lipinski definition) is 1. The average Bonchev–Trinajstić information content (AvgIpc) is 3.36. The minimum atomic E-state index is -1.06. The Morgan fingerprint density at radius 3 is 2.28 bits per heavy atom. The number of benzene rings is 2. The number of piperidine rings is 1. The van der Waals surface area contributed by atoms with E-state index in [0.717, 1.165) is 12.8 Å². The first-order valence-corrected chi connectivity index (χ1v) is 13.8. The molecule has 2 aliphatic heterocycles. The van der Waals surface area contributed by atoms with Crippen LogP contribution in [0.4, 0.5) is 13.6 Å². The molecule has 2 aromatic rings. The van der Waals surface area contributed by atoms with Crippen LogP contribution in [0.1, 0.15) is 45.6 Å². The van der Waals surface area contributed by atoms with Crippen molar-refractivity contribution < 1.29 is 27.8 Å². The van der Waals surface area contributed by atoms with Crippen molar-refractivity contribution in [2.24, 2.45) is 11.7 Å². The summed E-state index contributed by atoms with van der Waals surface area (Å²) in [6.07, 6.45) is -0.127. The molecule has 4 rings (SSSR count). The maximum absolute atomic E-state index is 16.0. The van der Waals surface area contributed by atoms with Gasteiger partial charge in [-0.25, -0.2) is 13.6 Å². The summed E-state index contributed by atoms with van der Waals surface area (Å²) >= 11 is 0. The van der Waals surface area contributed by atoms with Gasteiger partial charge in [0.1, 0.15) is 17.7 Å². The zero-order valence-corrected chi connectivity index (χ0v) is 22.9. The lowest BCUT2D eigenvalue weighted by molar-refractivity contribution is -0.131. The van der Waals surface area contributed by atoms with Gasteiger partial charge in [-0.1, -0.05) is 30.3 Å². The van der Waals surface area contributed by atoms with Crippen LogP contribution < -0.4 is 10.5 Å². The first-order valence-electron chi connectivity index (χ1n) is 13.8. The molecule has 2 fully saturated rings. The van der Waals surface area contributed by atoms with Crippen LogP contribution >= 0.6 is 0 Å². The number of nitrogens with zero attached hydrogens (tertiary/aromatic N) is 2. The van der Waals surface area contributed by atoms with Crippen molar-refractivity contribution in [1.82, 2.24) is 9.80 Å². The zero-order chi connectivity index (χ0) is 28.1. The predicted molar refractivity (Wildman–Crippen MR) is 146 cm³/mol. The van der Waals surface area contributed by atoms with Crippen LogP contribution in [0.15, 0.2) is 42.5 Å². The highest BCUT2D eigenvalue weighted by molar-refractivity contribution is 5.82. The Kier molecular flexibility index (Phi) is 9.43. The van der Waals surface area contributed by atoms with Gasteiger partial charge in [-0.3, -0.25) is 4.79 Å². The molecule has 9 heteroatoms. The van der Waals surface area contributed by atoms with Gasteiger partial charge in [-0.2, -0.15) is 0 Å². The molecule has 0 spiro atoms. The molecular formula is C30H39F2N3O4. The number of halogens is 2. The number of likely N-dealkylation sites (tertiary alicyclic amines) is 2. The maximum Gasteiger partial charge on any atom is 0.410 e. The van der Waals surface area contributed by atoms with Crippen molar-refractivity contribution in [1.29, 1.82) is 0 Å². The second-order valence-corrected chi connectivity index (χ2v) is 10.8. The van der Waals surface area contributed by atoms with Gasteiger partial charge >= 0.3 is 6.09 Å². The van der Waals surface area contributed by atoms with Crippen molar-refractivity contribution in [3.05, 3.63) is 53.8 Å². The van der Waals surface area contributed by atoms with Gasteiger partial charge in [0.05, 0.1) is 24.8 Å². The van der Waals surface area contributed by atoms with Crippen molar-refractivity contribution in [2.75, 3.05) is 26.2 Å². The van der Waals surface area contributed by atoms with Crippen molar-refractivity contribution in [3.63, 3.8) is 0 Å². The monoisotopic (exact) mass is 543 g/mol. The lowest BCUT2D eigenvalue weighted by Crippen LogP contribution is -2.44. The quantitative estimate of drug-likeness (QED) is 0.509. The molecule has 2 aromatic carbocycles. The number of carbonyl (C=O) groups is 2. The van der Waals surface area contributed by atoms with Crippen LogP contribution in [-0.2, 0) is 16.0 Å². The Bertz CT molecular complexity index is 1140. The Balaban J connectivity index is 1.51. The highest BCUT2D eigenvalue weighted by atomic mass is 19.1. The molecule has 212 valence electrons. The number of ether oxygens (including phenoxy) is 2. The molecule has 39 heavy (non-hydrogen) atoms. The summed E-state index contributed by atoms with van der Waals surface area (Å²) in [5.74, 6) is -0.377. The van der Waals surface area contributed by atoms with Crippen molar-refractivity contribution in [3.8, 4) is 16.9 Å². The van der Waals surface area contributed by atoms with E-state index >= 15 is 4.39 Å². The highest BCUT2D eigenvalue weighted by Gasteiger charge is 2.32. The van der Waals surface area contributed by atoms with E-state index < -0.39 is 18.0 Å². The number of rotatable bonds is 8. The molecule has 0 bridgehead atoms. The number of nitrogens with two attached hydrogens (primary N) is 1. The number of hydrogen-bond acceptors (Lipinski definition) is 5. The second kappa shape index (κ2) is 12.8. The minimum absolute atomic E-state index is 0.0167. The summed E-state index contributed by atoms with van der Waals surface area (Å²) in [6.45, 7) is 7.03. The van der Waals surface area contributed by atoms with E-state index in [-0.39, 0.29) is 55.1 Å². The fourth-order valence-electron chi connectivity index (χ4n) is 5.33. The van der Waals surface area contributed by atoms with Gasteiger partial charge in [-0.05, 0) is 63.6 Å². The zero-order valence-electron chi connectivity index (χ0n) is 22.9. The molecule has 2 saturated heterocycles. The van der Waals surface area contributed by atoms with E-state index in [1.807, 2.05) is 51.1 Å². The summed E-state index contributed by atoms with van der Waals surface area (Å²) in [5, 5.41) is 0. The van der Waals surface area contributed by atoms with Crippen LogP contribution in [0.25, 0.3) is 11.1 Å². The summed E-state index contributed by atoms with van der Waals surface area (Å²) in [6, 6.07) is 11.6. The van der Waals surface area contributed by atoms with E-state index in [0.29, 0.717) is 36.5 Å². The van der Waals surface area contributed by atoms with Gasteiger partial charge in [-0.15, -0.1) is 0 Å². The molecule has 7 nitrogen and oxygen atoms in total. The molecule has 2 amide bonds. The van der Waals surface area contributed by atoms with Crippen LogP contribution in [0.3, 0.4) is 0 Å². The van der Waals surface area contributed by atoms with E-state index in [1.165, 1.54) is 4.90 Å². The van der Waals surface area contributed by atoms with E-state index in [2.05, 4.69) is 0 Å². The molecule has 0 aliphatic carbocycles. The number of carbonyl (C=O) groups excluding carboxylic acids is 2. The third-order valence-electron chi connectivity index (χ3n) is 7.58. The fraction of sp³-hybridized carbons (Fsp3) is 0.533. The standard InChI is InChI=1S/C30H39F2N3O4/c1-19(2)38-30(37)34-14-11-21(12-15-34)20(3)39-27-10-9-24(22-7-5-4-6-8-22)28(32)25(27)17-26(33)29(36)35-16-13-23(31)18-35/h4-10,19-21,23,26H,11-18,33H2,1-3H3/t20-,23+,26+/m1/s1. The fourth-order valence-corrected chi connectivity index (χ4v) is 5.33. The van der Waals surface area contributed by atoms with E-state index in [4.69, 9.17) is 15.2 Å². The van der Waals surface area contributed by atoms with Gasteiger partial charge < -0.3 is 25.0 Å². The van der Waals surface area contributed by atoms with Crippen LogP contribution in [-0.4, -0.2) is 72.4 Å². The SMILES string of the molecule is CC(C)OC(=O)N1CCC([C@@H](C)Oc2ccc(-c3ccccc3)c(F)c2C[C@H](N)C(=O)N2CC[C@H](F)C2)CC1. The molecule has 3 atom stereocenters. The molecule has 2 aliphatic rings. The molecule has 0 aromatic heterocycles.